The van der Waals surface area contributed by atoms with E-state index in [9.17, 15) is 4.39 Å². The lowest BCUT2D eigenvalue weighted by Gasteiger charge is -2.34. The van der Waals surface area contributed by atoms with Crippen LogP contribution < -0.4 is 0 Å². The van der Waals surface area contributed by atoms with Gasteiger partial charge in [-0.05, 0) is 47.9 Å². The molecule has 0 N–H and O–H groups in total. The fourth-order valence-electron chi connectivity index (χ4n) is 3.13. The van der Waals surface area contributed by atoms with Gasteiger partial charge in [-0.3, -0.25) is 0 Å². The Hall–Kier alpha value is -0.360. The molecule has 5 heteroatoms. The number of rotatable bonds is 6. The summed E-state index contributed by atoms with van der Waals surface area (Å²) in [7, 11) is 0. The van der Waals surface area contributed by atoms with Crippen molar-refractivity contribution in [2.75, 3.05) is 5.88 Å². The maximum Gasteiger partial charge on any atom is 0.138 e. The average Bonchev–Trinajstić information content (AvgIpc) is 2.81. The molecule has 0 radical (unpaired) electrons. The molecule has 0 unspecified atom stereocenters. The Morgan fingerprint density at radius 1 is 1.24 bits per heavy atom. The number of nitrogens with zero attached hydrogens (tertiary/aromatic N) is 2. The summed E-state index contributed by atoms with van der Waals surface area (Å²) < 4.78 is 16.9. The molecular formula is C16H21ClFIN2. The first-order valence-corrected chi connectivity index (χ1v) is 9.07. The van der Waals surface area contributed by atoms with Gasteiger partial charge in [-0.2, -0.15) is 0 Å². The zero-order valence-electron chi connectivity index (χ0n) is 12.7. The van der Waals surface area contributed by atoms with Crippen LogP contribution in [0.25, 0.3) is 11.0 Å². The van der Waals surface area contributed by atoms with Crippen LogP contribution in [-0.4, -0.2) is 15.4 Å². The van der Waals surface area contributed by atoms with E-state index in [1.54, 1.807) is 6.07 Å². The highest BCUT2D eigenvalue weighted by atomic mass is 127. The summed E-state index contributed by atoms with van der Waals surface area (Å²) in [4.78, 5) is 4.72. The lowest BCUT2D eigenvalue weighted by molar-refractivity contribution is 0.251. The summed E-state index contributed by atoms with van der Waals surface area (Å²) >= 11 is 7.96. The van der Waals surface area contributed by atoms with Gasteiger partial charge in [0.25, 0.3) is 0 Å². The molecule has 0 amide bonds. The molecule has 0 bridgehead atoms. The molecule has 2 nitrogen and oxygen atoms in total. The van der Waals surface area contributed by atoms with E-state index in [2.05, 4.69) is 25.3 Å². The summed E-state index contributed by atoms with van der Waals surface area (Å²) in [6, 6.07) is 3.45. The van der Waals surface area contributed by atoms with Crippen LogP contribution in [0.5, 0.6) is 0 Å². The number of hydrogen-bond acceptors (Lipinski definition) is 1. The highest BCUT2D eigenvalue weighted by Gasteiger charge is 2.30. The number of benzene rings is 1. The van der Waals surface area contributed by atoms with Gasteiger partial charge in [-0.15, -0.1) is 11.6 Å². The highest BCUT2D eigenvalue weighted by molar-refractivity contribution is 14.1. The van der Waals surface area contributed by atoms with Crippen molar-refractivity contribution in [1.29, 1.82) is 0 Å². The van der Waals surface area contributed by atoms with E-state index < -0.39 is 0 Å². The third kappa shape index (κ3) is 2.93. The van der Waals surface area contributed by atoms with Gasteiger partial charge in [-0.25, -0.2) is 9.37 Å². The van der Waals surface area contributed by atoms with Gasteiger partial charge in [0.15, 0.2) is 0 Å². The standard InChI is InChI=1S/C16H21ClFIN2/c1-4-16(5-2,6-3)21-14-9-11(18)12(19)10-13(14)20-15(21)7-8-17/h9-10H,4-8H2,1-3H3. The summed E-state index contributed by atoms with van der Waals surface area (Å²) in [6.07, 6.45) is 3.69. The van der Waals surface area contributed by atoms with Gasteiger partial charge in [0.05, 0.1) is 14.6 Å². The molecule has 2 aromatic rings. The van der Waals surface area contributed by atoms with Crippen molar-refractivity contribution in [3.05, 3.63) is 27.3 Å². The van der Waals surface area contributed by atoms with Gasteiger partial charge in [0.2, 0.25) is 0 Å². The van der Waals surface area contributed by atoms with Gasteiger partial charge in [0.1, 0.15) is 11.6 Å². The van der Waals surface area contributed by atoms with Crippen LogP contribution in [0.4, 0.5) is 4.39 Å². The fourth-order valence-corrected chi connectivity index (χ4v) is 3.75. The minimum Gasteiger partial charge on any atom is -0.322 e. The topological polar surface area (TPSA) is 17.8 Å². The molecule has 21 heavy (non-hydrogen) atoms. The van der Waals surface area contributed by atoms with Crippen LogP contribution in [0.1, 0.15) is 45.9 Å². The van der Waals surface area contributed by atoms with E-state index in [1.165, 1.54) is 0 Å². The molecule has 0 aliphatic rings. The van der Waals surface area contributed by atoms with Gasteiger partial charge >= 0.3 is 0 Å². The quantitative estimate of drug-likeness (QED) is 0.445. The third-order valence-corrected chi connectivity index (χ3v) is 5.55. The molecule has 0 fully saturated rings. The maximum absolute atomic E-state index is 14.0. The van der Waals surface area contributed by atoms with Crippen molar-refractivity contribution in [2.24, 2.45) is 0 Å². The number of aromatic nitrogens is 2. The Morgan fingerprint density at radius 2 is 1.86 bits per heavy atom. The molecule has 0 aliphatic heterocycles. The molecular weight excluding hydrogens is 402 g/mol. The minimum absolute atomic E-state index is 0.0185. The SMILES string of the molecule is CCC(CC)(CC)n1c(CCCl)nc2cc(I)c(F)cc21. The van der Waals surface area contributed by atoms with Gasteiger partial charge < -0.3 is 4.57 Å². The van der Waals surface area contributed by atoms with Crippen molar-refractivity contribution in [2.45, 2.75) is 52.0 Å². The van der Waals surface area contributed by atoms with Gasteiger partial charge in [0, 0.05) is 23.9 Å². The lowest BCUT2D eigenvalue weighted by atomic mass is 9.89. The van der Waals surface area contributed by atoms with E-state index in [1.807, 2.05) is 28.7 Å². The number of hydrogen-bond donors (Lipinski definition) is 0. The number of halogens is 3. The predicted molar refractivity (Wildman–Crippen MR) is 95.7 cm³/mol. The number of fused-ring (bicyclic) bond motifs is 1. The normalized spacial score (nSPS) is 12.3. The number of alkyl halides is 1. The third-order valence-electron chi connectivity index (χ3n) is 4.53. The van der Waals surface area contributed by atoms with Crippen LogP contribution in [0, 0.1) is 9.39 Å². The molecule has 2 rings (SSSR count). The number of imidazole rings is 1. The minimum atomic E-state index is -0.182. The first kappa shape index (κ1) is 17.0. The van der Waals surface area contributed by atoms with Crippen LogP contribution in [0.3, 0.4) is 0 Å². The van der Waals surface area contributed by atoms with Crippen molar-refractivity contribution in [1.82, 2.24) is 9.55 Å². The Bertz CT molecular complexity index is 626. The Balaban J connectivity index is 2.79. The molecule has 0 aliphatic carbocycles. The Labute approximate surface area is 144 Å². The van der Waals surface area contributed by atoms with Crippen molar-refractivity contribution in [3.8, 4) is 0 Å². The smallest absolute Gasteiger partial charge is 0.138 e. The van der Waals surface area contributed by atoms with E-state index in [-0.39, 0.29) is 11.4 Å². The zero-order valence-corrected chi connectivity index (χ0v) is 15.6. The van der Waals surface area contributed by atoms with Crippen LogP contribution >= 0.6 is 34.2 Å². The van der Waals surface area contributed by atoms with E-state index in [0.29, 0.717) is 15.9 Å². The average molecular weight is 423 g/mol. The second-order valence-corrected chi connectivity index (χ2v) is 6.88. The molecule has 1 heterocycles. The monoisotopic (exact) mass is 422 g/mol. The Kier molecular flexibility index (Phi) is 5.52. The molecule has 0 spiro atoms. The van der Waals surface area contributed by atoms with Gasteiger partial charge in [-0.1, -0.05) is 20.8 Å². The van der Waals surface area contributed by atoms with Crippen molar-refractivity contribution >= 4 is 45.2 Å². The molecule has 116 valence electrons. The lowest BCUT2D eigenvalue weighted by Crippen LogP contribution is -2.33. The highest BCUT2D eigenvalue weighted by Crippen LogP contribution is 2.35. The summed E-state index contributed by atoms with van der Waals surface area (Å²) in [6.45, 7) is 6.56. The zero-order chi connectivity index (χ0) is 15.6. The first-order chi connectivity index (χ1) is 10.0. The van der Waals surface area contributed by atoms with E-state index in [0.717, 1.165) is 36.1 Å². The molecule has 0 saturated heterocycles. The Morgan fingerprint density at radius 3 is 2.38 bits per heavy atom. The fraction of sp³-hybridized carbons (Fsp3) is 0.562. The van der Waals surface area contributed by atoms with Crippen molar-refractivity contribution in [3.63, 3.8) is 0 Å². The van der Waals surface area contributed by atoms with E-state index in [4.69, 9.17) is 16.6 Å². The summed E-state index contributed by atoms with van der Waals surface area (Å²) in [5.41, 5.74) is 1.73. The van der Waals surface area contributed by atoms with E-state index >= 15 is 0 Å². The molecule has 1 aromatic carbocycles. The van der Waals surface area contributed by atoms with Crippen LogP contribution in [-0.2, 0) is 12.0 Å². The van der Waals surface area contributed by atoms with Crippen molar-refractivity contribution < 1.29 is 4.39 Å². The summed E-state index contributed by atoms with van der Waals surface area (Å²) in [5, 5.41) is 0. The second-order valence-electron chi connectivity index (χ2n) is 5.34. The van der Waals surface area contributed by atoms with Crippen LogP contribution in [0.15, 0.2) is 12.1 Å². The predicted octanol–water partition coefficient (Wildman–Crippen LogP) is 5.49. The molecule has 0 saturated carbocycles. The molecule has 0 atom stereocenters. The maximum atomic E-state index is 14.0. The first-order valence-electron chi connectivity index (χ1n) is 7.45. The van der Waals surface area contributed by atoms with Crippen LogP contribution in [0.2, 0.25) is 0 Å². The molecule has 1 aromatic heterocycles. The largest absolute Gasteiger partial charge is 0.322 e. The number of aryl methyl sites for hydroxylation is 1. The second kappa shape index (κ2) is 6.82. The summed E-state index contributed by atoms with van der Waals surface area (Å²) in [5.74, 6) is 1.31.